The number of benzene rings is 1. The standard InChI is InChI=1S/C11H12ClN5/c1-17-9-4-7(11(12)5-14-6-15-11)2-3-8(9)10(13)16-17/h2-5,15H,6H2,1H3,(H2,13,16). The first kappa shape index (κ1) is 10.6. The molecule has 0 amide bonds. The van der Waals surface area contributed by atoms with Crippen LogP contribution in [0.5, 0.6) is 0 Å². The molecule has 0 fully saturated rings. The van der Waals surface area contributed by atoms with Gasteiger partial charge in [0, 0.05) is 18.6 Å². The van der Waals surface area contributed by atoms with E-state index in [9.17, 15) is 0 Å². The Hall–Kier alpha value is -1.59. The van der Waals surface area contributed by atoms with Crippen molar-refractivity contribution < 1.29 is 0 Å². The number of hydrogen-bond acceptors (Lipinski definition) is 4. The highest BCUT2D eigenvalue weighted by molar-refractivity contribution is 6.32. The molecular formula is C11H12ClN5. The predicted octanol–water partition coefficient (Wildman–Crippen LogP) is 1.18. The number of rotatable bonds is 1. The lowest BCUT2D eigenvalue weighted by atomic mass is 10.1. The first-order valence-electron chi connectivity index (χ1n) is 5.28. The third-order valence-corrected chi connectivity index (χ3v) is 3.45. The zero-order chi connectivity index (χ0) is 12.0. The molecule has 0 saturated heterocycles. The van der Waals surface area contributed by atoms with E-state index >= 15 is 0 Å². The Morgan fingerprint density at radius 1 is 1.53 bits per heavy atom. The van der Waals surface area contributed by atoms with Crippen LogP contribution in [0.1, 0.15) is 5.56 Å². The molecule has 1 atom stereocenters. The maximum atomic E-state index is 6.43. The summed E-state index contributed by atoms with van der Waals surface area (Å²) in [6.45, 7) is 0.537. The van der Waals surface area contributed by atoms with Gasteiger partial charge in [-0.25, -0.2) is 0 Å². The van der Waals surface area contributed by atoms with Gasteiger partial charge in [0.2, 0.25) is 0 Å². The highest BCUT2D eigenvalue weighted by atomic mass is 35.5. The third kappa shape index (κ3) is 1.50. The second kappa shape index (κ2) is 3.45. The summed E-state index contributed by atoms with van der Waals surface area (Å²) in [6.07, 6.45) is 1.72. The lowest BCUT2D eigenvalue weighted by Crippen LogP contribution is -2.33. The van der Waals surface area contributed by atoms with Crippen molar-refractivity contribution in [3.63, 3.8) is 0 Å². The Labute approximate surface area is 103 Å². The molecule has 88 valence electrons. The van der Waals surface area contributed by atoms with Crippen molar-refractivity contribution >= 4 is 34.5 Å². The molecule has 0 bridgehead atoms. The molecule has 17 heavy (non-hydrogen) atoms. The normalized spacial score (nSPS) is 23.6. The van der Waals surface area contributed by atoms with Crippen molar-refractivity contribution in [1.82, 2.24) is 15.1 Å². The molecule has 1 aliphatic heterocycles. The predicted molar refractivity (Wildman–Crippen MR) is 69.2 cm³/mol. The monoisotopic (exact) mass is 249 g/mol. The SMILES string of the molecule is Cn1nc(N)c2ccc(C3(Cl)C=NCN3)cc21. The summed E-state index contributed by atoms with van der Waals surface area (Å²) in [5.41, 5.74) is 7.71. The summed E-state index contributed by atoms with van der Waals surface area (Å²) in [5.74, 6) is 0.533. The molecule has 1 aromatic carbocycles. The molecule has 0 aliphatic carbocycles. The number of aryl methyl sites for hydroxylation is 1. The molecule has 0 spiro atoms. The summed E-state index contributed by atoms with van der Waals surface area (Å²) < 4.78 is 1.75. The van der Waals surface area contributed by atoms with Crippen LogP contribution in [-0.2, 0) is 12.0 Å². The number of nitrogens with one attached hydrogen (secondary N) is 1. The molecule has 2 heterocycles. The van der Waals surface area contributed by atoms with Crippen LogP contribution in [0, 0.1) is 0 Å². The van der Waals surface area contributed by atoms with E-state index in [2.05, 4.69) is 15.4 Å². The zero-order valence-corrected chi connectivity index (χ0v) is 10.1. The van der Waals surface area contributed by atoms with Gasteiger partial charge < -0.3 is 5.73 Å². The van der Waals surface area contributed by atoms with Gasteiger partial charge in [0.05, 0.1) is 12.2 Å². The van der Waals surface area contributed by atoms with Gasteiger partial charge in [0.25, 0.3) is 0 Å². The summed E-state index contributed by atoms with van der Waals surface area (Å²) in [5, 5.41) is 8.24. The first-order chi connectivity index (χ1) is 8.10. The maximum absolute atomic E-state index is 6.43. The average Bonchev–Trinajstić information content (AvgIpc) is 2.86. The zero-order valence-electron chi connectivity index (χ0n) is 9.31. The molecule has 3 N–H and O–H groups in total. The number of hydrogen-bond donors (Lipinski definition) is 2. The van der Waals surface area contributed by atoms with Crippen molar-refractivity contribution in [3.05, 3.63) is 23.8 Å². The Balaban J connectivity index is 2.20. The number of aliphatic imine (C=N–C) groups is 1. The van der Waals surface area contributed by atoms with E-state index in [4.69, 9.17) is 17.3 Å². The third-order valence-electron chi connectivity index (χ3n) is 3.00. The van der Waals surface area contributed by atoms with Crippen LogP contribution in [0.4, 0.5) is 5.82 Å². The molecule has 2 aromatic rings. The topological polar surface area (TPSA) is 68.2 Å². The second-order valence-corrected chi connectivity index (χ2v) is 4.70. The number of nitrogen functional groups attached to an aromatic ring is 1. The number of fused-ring (bicyclic) bond motifs is 1. The fourth-order valence-corrected chi connectivity index (χ4v) is 2.31. The number of nitrogens with zero attached hydrogens (tertiary/aromatic N) is 3. The number of anilines is 1. The van der Waals surface area contributed by atoms with E-state index in [1.165, 1.54) is 0 Å². The van der Waals surface area contributed by atoms with Gasteiger partial charge in [-0.15, -0.1) is 0 Å². The van der Waals surface area contributed by atoms with Crippen LogP contribution in [0.2, 0.25) is 0 Å². The first-order valence-corrected chi connectivity index (χ1v) is 5.65. The molecule has 1 aromatic heterocycles. The minimum Gasteiger partial charge on any atom is -0.382 e. The van der Waals surface area contributed by atoms with Crippen LogP contribution >= 0.6 is 11.6 Å². The lowest BCUT2D eigenvalue weighted by Gasteiger charge is -2.19. The van der Waals surface area contributed by atoms with Crippen LogP contribution in [0.3, 0.4) is 0 Å². The van der Waals surface area contributed by atoms with Gasteiger partial charge >= 0.3 is 0 Å². The van der Waals surface area contributed by atoms with Crippen LogP contribution < -0.4 is 11.1 Å². The minimum absolute atomic E-state index is 0.533. The molecule has 3 rings (SSSR count). The maximum Gasteiger partial charge on any atom is 0.156 e. The van der Waals surface area contributed by atoms with E-state index in [1.807, 2.05) is 25.2 Å². The number of alkyl halides is 1. The van der Waals surface area contributed by atoms with Gasteiger partial charge in [-0.3, -0.25) is 15.0 Å². The van der Waals surface area contributed by atoms with Crippen molar-refractivity contribution in [3.8, 4) is 0 Å². The number of halogens is 1. The van der Waals surface area contributed by atoms with Gasteiger partial charge in [-0.05, 0) is 17.7 Å². The Kier molecular flexibility index (Phi) is 2.14. The molecule has 1 unspecified atom stereocenters. The molecule has 1 aliphatic rings. The fourth-order valence-electron chi connectivity index (χ4n) is 2.07. The molecule has 0 radical (unpaired) electrons. The van der Waals surface area contributed by atoms with Gasteiger partial charge in [-0.2, -0.15) is 5.10 Å². The van der Waals surface area contributed by atoms with Crippen molar-refractivity contribution in [2.75, 3.05) is 12.4 Å². The van der Waals surface area contributed by atoms with Crippen molar-refractivity contribution in [2.24, 2.45) is 12.0 Å². The van der Waals surface area contributed by atoms with E-state index in [-0.39, 0.29) is 0 Å². The van der Waals surface area contributed by atoms with E-state index in [1.54, 1.807) is 10.9 Å². The van der Waals surface area contributed by atoms with Crippen molar-refractivity contribution in [1.29, 1.82) is 0 Å². The summed E-state index contributed by atoms with van der Waals surface area (Å²) in [6, 6.07) is 5.86. The average molecular weight is 250 g/mol. The Morgan fingerprint density at radius 2 is 2.35 bits per heavy atom. The lowest BCUT2D eigenvalue weighted by molar-refractivity contribution is 0.660. The second-order valence-electron chi connectivity index (χ2n) is 4.10. The summed E-state index contributed by atoms with van der Waals surface area (Å²) in [7, 11) is 1.86. The highest BCUT2D eigenvalue weighted by Crippen LogP contribution is 2.30. The van der Waals surface area contributed by atoms with E-state index in [0.717, 1.165) is 16.5 Å². The molecule has 0 saturated carbocycles. The smallest absolute Gasteiger partial charge is 0.156 e. The highest BCUT2D eigenvalue weighted by Gasteiger charge is 2.30. The van der Waals surface area contributed by atoms with E-state index < -0.39 is 5.00 Å². The van der Waals surface area contributed by atoms with Gasteiger partial charge in [0.1, 0.15) is 0 Å². The largest absolute Gasteiger partial charge is 0.382 e. The molecular weight excluding hydrogens is 238 g/mol. The number of aromatic nitrogens is 2. The van der Waals surface area contributed by atoms with E-state index in [0.29, 0.717) is 12.5 Å². The van der Waals surface area contributed by atoms with Gasteiger partial charge in [-0.1, -0.05) is 17.7 Å². The molecule has 5 nitrogen and oxygen atoms in total. The number of nitrogens with two attached hydrogens (primary N) is 1. The molecule has 6 heteroatoms. The fraction of sp³-hybridized carbons (Fsp3) is 0.273. The Morgan fingerprint density at radius 3 is 3.06 bits per heavy atom. The van der Waals surface area contributed by atoms with Crippen LogP contribution in [0.25, 0.3) is 10.9 Å². The quantitative estimate of drug-likeness (QED) is 0.589. The summed E-state index contributed by atoms with van der Waals surface area (Å²) >= 11 is 6.43. The summed E-state index contributed by atoms with van der Waals surface area (Å²) in [4.78, 5) is 3.39. The van der Waals surface area contributed by atoms with Crippen LogP contribution in [-0.4, -0.2) is 22.7 Å². The van der Waals surface area contributed by atoms with Crippen LogP contribution in [0.15, 0.2) is 23.2 Å². The van der Waals surface area contributed by atoms with Gasteiger partial charge in [0.15, 0.2) is 10.8 Å². The van der Waals surface area contributed by atoms with Crippen molar-refractivity contribution in [2.45, 2.75) is 5.00 Å². The Bertz CT molecular complexity index is 618. The minimum atomic E-state index is -0.715.